The van der Waals surface area contributed by atoms with Gasteiger partial charge in [-0.25, -0.2) is 4.39 Å². The van der Waals surface area contributed by atoms with E-state index in [9.17, 15) is 9.18 Å². The maximum Gasteiger partial charge on any atom is 0.253 e. The highest BCUT2D eigenvalue weighted by atomic mass is 32.1. The van der Waals surface area contributed by atoms with Crippen LogP contribution in [0, 0.1) is 5.82 Å². The van der Waals surface area contributed by atoms with Crippen molar-refractivity contribution in [1.29, 1.82) is 0 Å². The predicted molar refractivity (Wildman–Crippen MR) is 115 cm³/mol. The number of carbonyl (C=O) groups is 1. The molecule has 0 saturated heterocycles. The summed E-state index contributed by atoms with van der Waals surface area (Å²) in [7, 11) is 0. The molecule has 3 aromatic carbocycles. The number of benzene rings is 3. The van der Waals surface area contributed by atoms with Crippen LogP contribution in [0.4, 0.5) is 15.8 Å². The van der Waals surface area contributed by atoms with Gasteiger partial charge in [0.05, 0.1) is 17.3 Å². The number of hydrogen-bond acceptors (Lipinski definition) is 2. The molecule has 3 N–H and O–H groups in total. The molecule has 0 aliphatic rings. The fourth-order valence-corrected chi connectivity index (χ4v) is 2.94. The molecular weight excluding hydrogens is 373 g/mol. The van der Waals surface area contributed by atoms with E-state index in [0.29, 0.717) is 22.1 Å². The molecule has 0 saturated carbocycles. The van der Waals surface area contributed by atoms with Crippen LogP contribution in [0.2, 0.25) is 0 Å². The van der Waals surface area contributed by atoms with Crippen molar-refractivity contribution in [3.63, 3.8) is 0 Å². The SMILES string of the molecule is CC(NC(=O)c1ccccc1NC(=S)Nc1ccc(F)cc1)c1ccccc1. The molecule has 0 bridgehead atoms. The van der Waals surface area contributed by atoms with Gasteiger partial charge in [0.2, 0.25) is 0 Å². The fraction of sp³-hybridized carbons (Fsp3) is 0.0909. The Morgan fingerprint density at radius 1 is 0.893 bits per heavy atom. The van der Waals surface area contributed by atoms with E-state index in [4.69, 9.17) is 12.2 Å². The minimum atomic E-state index is -0.320. The first-order valence-electron chi connectivity index (χ1n) is 8.81. The quantitative estimate of drug-likeness (QED) is 0.526. The second kappa shape index (κ2) is 9.10. The largest absolute Gasteiger partial charge is 0.345 e. The van der Waals surface area contributed by atoms with Gasteiger partial charge in [0, 0.05) is 5.69 Å². The van der Waals surface area contributed by atoms with Crippen molar-refractivity contribution in [2.75, 3.05) is 10.6 Å². The summed E-state index contributed by atoms with van der Waals surface area (Å²) in [5, 5.41) is 9.31. The van der Waals surface area contributed by atoms with Crippen molar-refractivity contribution in [3.8, 4) is 0 Å². The molecule has 0 spiro atoms. The number of anilines is 2. The van der Waals surface area contributed by atoms with Crippen molar-refractivity contribution < 1.29 is 9.18 Å². The predicted octanol–water partition coefficient (Wildman–Crippen LogP) is 5.13. The summed E-state index contributed by atoms with van der Waals surface area (Å²) in [6.45, 7) is 1.93. The van der Waals surface area contributed by atoms with Crippen LogP contribution >= 0.6 is 12.2 Å². The van der Waals surface area contributed by atoms with Gasteiger partial charge in [0.1, 0.15) is 5.82 Å². The molecule has 142 valence electrons. The van der Waals surface area contributed by atoms with E-state index < -0.39 is 0 Å². The molecule has 3 aromatic rings. The third kappa shape index (κ3) is 5.14. The monoisotopic (exact) mass is 393 g/mol. The average molecular weight is 393 g/mol. The van der Waals surface area contributed by atoms with Gasteiger partial charge in [-0.3, -0.25) is 4.79 Å². The van der Waals surface area contributed by atoms with Gasteiger partial charge in [0.15, 0.2) is 5.11 Å². The van der Waals surface area contributed by atoms with Gasteiger partial charge in [-0.15, -0.1) is 0 Å². The van der Waals surface area contributed by atoms with Gasteiger partial charge in [-0.2, -0.15) is 0 Å². The molecule has 1 amide bonds. The lowest BCUT2D eigenvalue weighted by molar-refractivity contribution is 0.0941. The Labute approximate surface area is 168 Å². The van der Waals surface area contributed by atoms with Crippen LogP contribution in [0.5, 0.6) is 0 Å². The average Bonchev–Trinajstić information content (AvgIpc) is 2.70. The highest BCUT2D eigenvalue weighted by molar-refractivity contribution is 7.80. The van der Waals surface area contributed by atoms with E-state index in [0.717, 1.165) is 5.56 Å². The third-order valence-electron chi connectivity index (χ3n) is 4.17. The maximum atomic E-state index is 13.0. The summed E-state index contributed by atoms with van der Waals surface area (Å²) in [4.78, 5) is 12.8. The maximum absolute atomic E-state index is 13.0. The molecule has 0 radical (unpaired) electrons. The summed E-state index contributed by atoms with van der Waals surface area (Å²) in [5.41, 5.74) is 2.74. The first kappa shape index (κ1) is 19.5. The molecule has 0 aliphatic carbocycles. The lowest BCUT2D eigenvalue weighted by Gasteiger charge is -2.17. The van der Waals surface area contributed by atoms with E-state index >= 15 is 0 Å². The first-order valence-corrected chi connectivity index (χ1v) is 9.22. The Bertz CT molecular complexity index is 961. The second-order valence-corrected chi connectivity index (χ2v) is 6.65. The van der Waals surface area contributed by atoms with Crippen molar-refractivity contribution in [2.45, 2.75) is 13.0 Å². The van der Waals surface area contributed by atoms with Crippen LogP contribution in [-0.4, -0.2) is 11.0 Å². The molecule has 0 heterocycles. The number of para-hydroxylation sites is 1. The Kier molecular flexibility index (Phi) is 6.34. The van der Waals surface area contributed by atoms with Crippen LogP contribution in [0.15, 0.2) is 78.9 Å². The van der Waals surface area contributed by atoms with Crippen molar-refractivity contribution in [2.24, 2.45) is 0 Å². The highest BCUT2D eigenvalue weighted by Gasteiger charge is 2.15. The van der Waals surface area contributed by atoms with Crippen LogP contribution in [0.3, 0.4) is 0 Å². The first-order chi connectivity index (χ1) is 13.5. The molecule has 6 heteroatoms. The third-order valence-corrected chi connectivity index (χ3v) is 4.37. The van der Waals surface area contributed by atoms with Crippen LogP contribution in [-0.2, 0) is 0 Å². The van der Waals surface area contributed by atoms with E-state index in [2.05, 4.69) is 16.0 Å². The van der Waals surface area contributed by atoms with Crippen LogP contribution in [0.25, 0.3) is 0 Å². The summed E-state index contributed by atoms with van der Waals surface area (Å²) in [6, 6.07) is 22.6. The molecule has 3 rings (SSSR count). The number of hydrogen-bond donors (Lipinski definition) is 3. The highest BCUT2D eigenvalue weighted by Crippen LogP contribution is 2.18. The van der Waals surface area contributed by atoms with E-state index in [1.54, 1.807) is 30.3 Å². The molecule has 0 aliphatic heterocycles. The lowest BCUT2D eigenvalue weighted by atomic mass is 10.1. The zero-order valence-corrected chi connectivity index (χ0v) is 16.1. The zero-order chi connectivity index (χ0) is 19.9. The van der Waals surface area contributed by atoms with Gasteiger partial charge < -0.3 is 16.0 Å². The summed E-state index contributed by atoms with van der Waals surface area (Å²) >= 11 is 5.31. The van der Waals surface area contributed by atoms with Gasteiger partial charge >= 0.3 is 0 Å². The number of carbonyl (C=O) groups excluding carboxylic acids is 1. The summed E-state index contributed by atoms with van der Waals surface area (Å²) < 4.78 is 13.0. The van der Waals surface area contributed by atoms with Gasteiger partial charge in [0.25, 0.3) is 5.91 Å². The van der Waals surface area contributed by atoms with Crippen molar-refractivity contribution in [3.05, 3.63) is 95.8 Å². The van der Waals surface area contributed by atoms with E-state index in [1.807, 2.05) is 43.3 Å². The van der Waals surface area contributed by atoms with Gasteiger partial charge in [-0.1, -0.05) is 42.5 Å². The Balaban J connectivity index is 1.69. The summed E-state index contributed by atoms with van der Waals surface area (Å²) in [6.07, 6.45) is 0. The molecule has 0 fully saturated rings. The minimum Gasteiger partial charge on any atom is -0.345 e. The zero-order valence-electron chi connectivity index (χ0n) is 15.3. The molecule has 28 heavy (non-hydrogen) atoms. The smallest absolute Gasteiger partial charge is 0.253 e. The minimum absolute atomic E-state index is 0.133. The fourth-order valence-electron chi connectivity index (χ4n) is 2.71. The lowest BCUT2D eigenvalue weighted by Crippen LogP contribution is -2.28. The number of amides is 1. The van der Waals surface area contributed by atoms with Crippen LogP contribution in [0.1, 0.15) is 28.9 Å². The number of thiocarbonyl (C=S) groups is 1. The standard InChI is InChI=1S/C22H20FN3OS/c1-15(16-7-3-2-4-8-16)24-21(27)19-9-5-6-10-20(19)26-22(28)25-18-13-11-17(23)12-14-18/h2-15H,1H3,(H,24,27)(H2,25,26,28). The molecule has 1 unspecified atom stereocenters. The van der Waals surface area contributed by atoms with Gasteiger partial charge in [-0.05, 0) is 61.1 Å². The summed E-state index contributed by atoms with van der Waals surface area (Å²) in [5.74, 6) is -0.525. The molecular formula is C22H20FN3OS. The topological polar surface area (TPSA) is 53.2 Å². The number of rotatable bonds is 5. The Morgan fingerprint density at radius 3 is 2.25 bits per heavy atom. The Morgan fingerprint density at radius 2 is 1.54 bits per heavy atom. The van der Waals surface area contributed by atoms with Crippen molar-refractivity contribution in [1.82, 2.24) is 5.32 Å². The molecule has 1 atom stereocenters. The number of nitrogens with one attached hydrogen (secondary N) is 3. The Hall–Kier alpha value is -3.25. The van der Waals surface area contributed by atoms with Crippen LogP contribution < -0.4 is 16.0 Å². The molecule has 4 nitrogen and oxygen atoms in total. The molecule has 0 aromatic heterocycles. The normalized spacial score (nSPS) is 11.4. The number of halogens is 1. The van der Waals surface area contributed by atoms with E-state index in [1.165, 1.54) is 12.1 Å². The van der Waals surface area contributed by atoms with E-state index in [-0.39, 0.29) is 17.8 Å². The second-order valence-electron chi connectivity index (χ2n) is 6.24. The van der Waals surface area contributed by atoms with Crippen molar-refractivity contribution >= 4 is 34.6 Å².